The van der Waals surface area contributed by atoms with Crippen molar-refractivity contribution in [3.05, 3.63) is 149 Å². The molecular formula is C32H30N4OS. The fourth-order valence-electron chi connectivity index (χ4n) is 4.42. The topological polar surface area (TPSA) is 58.1 Å². The van der Waals surface area contributed by atoms with E-state index in [1.807, 2.05) is 77.7 Å². The number of hydrogen-bond donors (Lipinski definition) is 1. The second kappa shape index (κ2) is 12.8. The van der Waals surface area contributed by atoms with Gasteiger partial charge in [-0.15, -0.1) is 0 Å². The number of benzene rings is 4. The molecule has 190 valence electrons. The number of nitrogens with one attached hydrogen (secondary N) is 1. The predicted octanol–water partition coefficient (Wildman–Crippen LogP) is 6.24. The third-order valence-corrected chi connectivity index (χ3v) is 7.12. The van der Waals surface area contributed by atoms with Gasteiger partial charge in [0.25, 0.3) is 0 Å². The summed E-state index contributed by atoms with van der Waals surface area (Å²) in [6.45, 7) is 0.760. The SMILES string of the molecule is O=C(CN(Cc1ccccc1)c1nc(Cc2ccccc2)ns1)NC(Cc1ccccc1)c1ccccc1. The van der Waals surface area contributed by atoms with Gasteiger partial charge in [0, 0.05) is 24.5 Å². The summed E-state index contributed by atoms with van der Waals surface area (Å²) in [7, 11) is 0. The second-order valence-electron chi connectivity index (χ2n) is 9.22. The highest BCUT2D eigenvalue weighted by molar-refractivity contribution is 7.09. The molecule has 0 saturated carbocycles. The fourth-order valence-corrected chi connectivity index (χ4v) is 5.10. The Hall–Kier alpha value is -4.29. The highest BCUT2D eigenvalue weighted by Crippen LogP contribution is 2.23. The second-order valence-corrected chi connectivity index (χ2v) is 9.95. The Balaban J connectivity index is 1.34. The number of hydrogen-bond acceptors (Lipinski definition) is 5. The highest BCUT2D eigenvalue weighted by atomic mass is 32.1. The van der Waals surface area contributed by atoms with Gasteiger partial charge in [0.15, 0.2) is 0 Å². The molecule has 0 aliphatic carbocycles. The summed E-state index contributed by atoms with van der Waals surface area (Å²) < 4.78 is 4.60. The molecule has 0 radical (unpaired) electrons. The Morgan fingerprint density at radius 1 is 0.737 bits per heavy atom. The monoisotopic (exact) mass is 518 g/mol. The van der Waals surface area contributed by atoms with Gasteiger partial charge in [-0.3, -0.25) is 4.79 Å². The Kier molecular flexibility index (Phi) is 8.54. The van der Waals surface area contributed by atoms with Gasteiger partial charge in [-0.25, -0.2) is 4.98 Å². The lowest BCUT2D eigenvalue weighted by molar-refractivity contribution is -0.120. The molecule has 0 bridgehead atoms. The minimum absolute atomic E-state index is 0.0504. The van der Waals surface area contributed by atoms with Crippen LogP contribution in [0.1, 0.15) is 34.1 Å². The van der Waals surface area contributed by atoms with Crippen molar-refractivity contribution in [2.45, 2.75) is 25.4 Å². The van der Waals surface area contributed by atoms with E-state index in [1.165, 1.54) is 17.1 Å². The van der Waals surface area contributed by atoms with E-state index in [0.29, 0.717) is 13.0 Å². The third kappa shape index (κ3) is 7.14. The molecule has 5 rings (SSSR count). The largest absolute Gasteiger partial charge is 0.347 e. The van der Waals surface area contributed by atoms with Crippen molar-refractivity contribution in [1.29, 1.82) is 0 Å². The van der Waals surface area contributed by atoms with Gasteiger partial charge in [-0.1, -0.05) is 121 Å². The summed E-state index contributed by atoms with van der Waals surface area (Å²) >= 11 is 1.34. The molecule has 1 atom stereocenters. The summed E-state index contributed by atoms with van der Waals surface area (Å²) in [6.07, 6.45) is 1.38. The Morgan fingerprint density at radius 3 is 1.92 bits per heavy atom. The van der Waals surface area contributed by atoms with E-state index >= 15 is 0 Å². The van der Waals surface area contributed by atoms with Crippen LogP contribution in [0.25, 0.3) is 0 Å². The molecule has 0 saturated heterocycles. The minimum atomic E-state index is -0.132. The molecule has 1 heterocycles. The molecule has 1 aromatic heterocycles. The summed E-state index contributed by atoms with van der Waals surface area (Å²) in [5, 5.41) is 4.03. The lowest BCUT2D eigenvalue weighted by Gasteiger charge is -2.24. The summed E-state index contributed by atoms with van der Waals surface area (Å²) in [4.78, 5) is 20.3. The van der Waals surface area contributed by atoms with Crippen LogP contribution < -0.4 is 10.2 Å². The molecule has 5 nitrogen and oxygen atoms in total. The number of carbonyl (C=O) groups excluding carboxylic acids is 1. The normalized spacial score (nSPS) is 11.6. The maximum Gasteiger partial charge on any atom is 0.240 e. The van der Waals surface area contributed by atoms with Gasteiger partial charge in [0.1, 0.15) is 5.82 Å². The van der Waals surface area contributed by atoms with Crippen LogP contribution in [0.3, 0.4) is 0 Å². The van der Waals surface area contributed by atoms with Gasteiger partial charge in [0.2, 0.25) is 11.0 Å². The number of aromatic nitrogens is 2. The van der Waals surface area contributed by atoms with Crippen LogP contribution in [-0.2, 0) is 24.2 Å². The number of anilines is 1. The van der Waals surface area contributed by atoms with E-state index in [0.717, 1.165) is 34.1 Å². The zero-order chi connectivity index (χ0) is 26.0. The molecule has 1 unspecified atom stereocenters. The lowest BCUT2D eigenvalue weighted by Crippen LogP contribution is -2.39. The quantitative estimate of drug-likeness (QED) is 0.225. The molecule has 1 amide bonds. The van der Waals surface area contributed by atoms with E-state index in [4.69, 9.17) is 4.98 Å². The van der Waals surface area contributed by atoms with Crippen LogP contribution in [0.2, 0.25) is 0 Å². The number of amides is 1. The summed E-state index contributed by atoms with van der Waals surface area (Å²) in [6, 6.07) is 40.6. The zero-order valence-electron chi connectivity index (χ0n) is 21.1. The van der Waals surface area contributed by atoms with Gasteiger partial charge >= 0.3 is 0 Å². The van der Waals surface area contributed by atoms with Crippen molar-refractivity contribution in [3.8, 4) is 0 Å². The van der Waals surface area contributed by atoms with Crippen LogP contribution in [0.15, 0.2) is 121 Å². The third-order valence-electron chi connectivity index (χ3n) is 6.30. The molecule has 0 aliphatic rings. The first-order valence-corrected chi connectivity index (χ1v) is 13.5. The maximum atomic E-state index is 13.5. The molecule has 0 spiro atoms. The first-order valence-electron chi connectivity index (χ1n) is 12.8. The smallest absolute Gasteiger partial charge is 0.240 e. The lowest BCUT2D eigenvalue weighted by atomic mass is 9.99. The van der Waals surface area contributed by atoms with Crippen LogP contribution >= 0.6 is 11.5 Å². The average Bonchev–Trinajstić information content (AvgIpc) is 3.43. The van der Waals surface area contributed by atoms with Crippen LogP contribution in [0, 0.1) is 0 Å². The van der Waals surface area contributed by atoms with Gasteiger partial charge in [-0.05, 0) is 28.7 Å². The predicted molar refractivity (Wildman–Crippen MR) is 154 cm³/mol. The summed E-state index contributed by atoms with van der Waals surface area (Å²) in [5.41, 5.74) is 4.54. The molecule has 0 aliphatic heterocycles. The molecule has 5 aromatic rings. The van der Waals surface area contributed by atoms with Gasteiger partial charge in [0.05, 0.1) is 12.6 Å². The molecule has 0 fully saturated rings. The first kappa shape index (κ1) is 25.4. The number of carbonyl (C=O) groups is 1. The molecule has 38 heavy (non-hydrogen) atoms. The van der Waals surface area contributed by atoms with E-state index in [2.05, 4.69) is 58.2 Å². The van der Waals surface area contributed by atoms with E-state index < -0.39 is 0 Å². The van der Waals surface area contributed by atoms with Crippen molar-refractivity contribution in [1.82, 2.24) is 14.7 Å². The highest BCUT2D eigenvalue weighted by Gasteiger charge is 2.20. The van der Waals surface area contributed by atoms with E-state index in [9.17, 15) is 4.79 Å². The molecular weight excluding hydrogens is 488 g/mol. The minimum Gasteiger partial charge on any atom is -0.347 e. The molecule has 6 heteroatoms. The number of rotatable bonds is 11. The van der Waals surface area contributed by atoms with Crippen molar-refractivity contribution in [3.63, 3.8) is 0 Å². The first-order chi connectivity index (χ1) is 18.7. The standard InChI is InChI=1S/C32H30N4OS/c37-31(33-29(28-19-11-4-12-20-28)21-25-13-5-1-6-14-25)24-36(23-27-17-9-3-10-18-27)32-34-30(35-38-32)22-26-15-7-2-8-16-26/h1-20,29H,21-24H2,(H,33,37). The molecule has 1 N–H and O–H groups in total. The average molecular weight is 519 g/mol. The van der Waals surface area contributed by atoms with Gasteiger partial charge in [-0.2, -0.15) is 4.37 Å². The van der Waals surface area contributed by atoms with Crippen LogP contribution in [0.5, 0.6) is 0 Å². The van der Waals surface area contributed by atoms with Crippen molar-refractivity contribution < 1.29 is 4.79 Å². The van der Waals surface area contributed by atoms with E-state index in [1.54, 1.807) is 0 Å². The van der Waals surface area contributed by atoms with Crippen LogP contribution in [0.4, 0.5) is 5.13 Å². The van der Waals surface area contributed by atoms with E-state index in [-0.39, 0.29) is 18.5 Å². The van der Waals surface area contributed by atoms with Crippen LogP contribution in [-0.4, -0.2) is 21.8 Å². The summed E-state index contributed by atoms with van der Waals surface area (Å²) in [5.74, 6) is 0.714. The van der Waals surface area contributed by atoms with Crippen molar-refractivity contribution >= 4 is 22.6 Å². The Labute approximate surface area is 228 Å². The van der Waals surface area contributed by atoms with Crippen molar-refractivity contribution in [2.24, 2.45) is 0 Å². The van der Waals surface area contributed by atoms with Crippen molar-refractivity contribution in [2.75, 3.05) is 11.4 Å². The Morgan fingerprint density at radius 2 is 1.29 bits per heavy atom. The number of nitrogens with zero attached hydrogens (tertiary/aromatic N) is 3. The molecule has 4 aromatic carbocycles. The van der Waals surface area contributed by atoms with Gasteiger partial charge < -0.3 is 10.2 Å². The zero-order valence-corrected chi connectivity index (χ0v) is 21.9. The fraction of sp³-hybridized carbons (Fsp3) is 0.156. The Bertz CT molecular complexity index is 1410. The maximum absolute atomic E-state index is 13.5.